The Kier molecular flexibility index (Phi) is 4.89. The van der Waals surface area contributed by atoms with Gasteiger partial charge in [0, 0.05) is 5.56 Å². The number of hydrogen-bond donors (Lipinski definition) is 0. The summed E-state index contributed by atoms with van der Waals surface area (Å²) < 4.78 is 9.91. The Hall–Kier alpha value is -1.84. The van der Waals surface area contributed by atoms with Crippen LogP contribution >= 0.6 is 0 Å². The molecule has 4 heteroatoms. The zero-order chi connectivity index (χ0) is 13.7. The molecule has 0 aliphatic heterocycles. The quantitative estimate of drug-likeness (QED) is 0.458. The molecule has 0 fully saturated rings. The number of methoxy groups -OCH3 is 1. The van der Waals surface area contributed by atoms with Crippen molar-refractivity contribution in [2.45, 2.75) is 26.7 Å². The molecular formula is C14H18O4. The molecular weight excluding hydrogens is 232 g/mol. The fourth-order valence-electron chi connectivity index (χ4n) is 1.64. The average molecular weight is 250 g/mol. The van der Waals surface area contributed by atoms with E-state index in [1.165, 1.54) is 0 Å². The van der Waals surface area contributed by atoms with Gasteiger partial charge in [-0.2, -0.15) is 0 Å². The Balaban J connectivity index is 3.05. The lowest BCUT2D eigenvalue weighted by Crippen LogP contribution is -2.17. The molecule has 0 saturated heterocycles. The molecule has 1 rings (SSSR count). The Bertz CT molecular complexity index is 449. The number of ether oxygens (including phenoxy) is 2. The van der Waals surface area contributed by atoms with Crippen LogP contribution in [0.4, 0.5) is 0 Å². The van der Waals surface area contributed by atoms with Crippen LogP contribution in [0, 0.1) is 0 Å². The highest BCUT2D eigenvalue weighted by Crippen LogP contribution is 2.27. The van der Waals surface area contributed by atoms with Crippen LogP contribution < -0.4 is 4.74 Å². The van der Waals surface area contributed by atoms with Gasteiger partial charge in [0.15, 0.2) is 0 Å². The molecule has 0 aromatic heterocycles. The molecule has 4 nitrogen and oxygen atoms in total. The second-order valence-corrected chi connectivity index (χ2v) is 4.16. The summed E-state index contributed by atoms with van der Waals surface area (Å²) in [5, 5.41) is 0. The van der Waals surface area contributed by atoms with Crippen LogP contribution in [0.3, 0.4) is 0 Å². The van der Waals surface area contributed by atoms with Gasteiger partial charge in [0.2, 0.25) is 0 Å². The number of esters is 1. The van der Waals surface area contributed by atoms with E-state index in [1.54, 1.807) is 32.2 Å². The first-order valence-corrected chi connectivity index (χ1v) is 5.90. The first-order valence-electron chi connectivity index (χ1n) is 5.90. The summed E-state index contributed by atoms with van der Waals surface area (Å²) in [6.07, 6.45) is 0. The molecule has 0 spiro atoms. The van der Waals surface area contributed by atoms with E-state index in [0.29, 0.717) is 5.75 Å². The number of hydrogen-bond acceptors (Lipinski definition) is 4. The summed E-state index contributed by atoms with van der Waals surface area (Å²) >= 11 is 0. The summed E-state index contributed by atoms with van der Waals surface area (Å²) in [4.78, 5) is 23.1. The third-order valence-corrected chi connectivity index (χ3v) is 2.58. The van der Waals surface area contributed by atoms with E-state index in [4.69, 9.17) is 4.74 Å². The largest absolute Gasteiger partial charge is 0.496 e. The maximum atomic E-state index is 11.8. The highest BCUT2D eigenvalue weighted by atomic mass is 16.5. The van der Waals surface area contributed by atoms with Crippen LogP contribution in [0.25, 0.3) is 0 Å². The van der Waals surface area contributed by atoms with Crippen LogP contribution in [0.1, 0.15) is 42.6 Å². The van der Waals surface area contributed by atoms with Gasteiger partial charge in [-0.15, -0.1) is 0 Å². The Morgan fingerprint density at radius 2 is 1.94 bits per heavy atom. The van der Waals surface area contributed by atoms with Gasteiger partial charge in [-0.05, 0) is 24.5 Å². The average Bonchev–Trinajstić information content (AvgIpc) is 2.37. The molecule has 18 heavy (non-hydrogen) atoms. The van der Waals surface area contributed by atoms with E-state index >= 15 is 0 Å². The molecule has 0 aliphatic carbocycles. The lowest BCUT2D eigenvalue weighted by molar-refractivity contribution is -0.137. The van der Waals surface area contributed by atoms with Crippen molar-refractivity contribution in [2.75, 3.05) is 13.7 Å². The van der Waals surface area contributed by atoms with Crippen molar-refractivity contribution in [3.05, 3.63) is 29.3 Å². The third-order valence-electron chi connectivity index (χ3n) is 2.58. The highest BCUT2D eigenvalue weighted by molar-refractivity contribution is 6.40. The number of Topliss-reactive ketones (excluding diaryl/α,β-unsaturated/α-hetero) is 1. The number of carbonyl (C=O) groups excluding carboxylic acids is 2. The second-order valence-electron chi connectivity index (χ2n) is 4.16. The lowest BCUT2D eigenvalue weighted by Gasteiger charge is -2.12. The minimum absolute atomic E-state index is 0.186. The standard InChI is InChI=1S/C14H18O4/c1-5-18-14(16)13(15)10-6-7-11(9(2)3)12(8-10)17-4/h6-9H,5H2,1-4H3. The molecule has 0 aliphatic rings. The maximum absolute atomic E-state index is 11.8. The molecule has 98 valence electrons. The zero-order valence-corrected chi connectivity index (χ0v) is 11.1. The molecule has 0 unspecified atom stereocenters. The first-order chi connectivity index (χ1) is 8.51. The van der Waals surface area contributed by atoms with Gasteiger partial charge in [0.1, 0.15) is 5.75 Å². The van der Waals surface area contributed by atoms with Gasteiger partial charge in [-0.3, -0.25) is 4.79 Å². The van der Waals surface area contributed by atoms with E-state index in [-0.39, 0.29) is 18.1 Å². The predicted octanol–water partition coefficient (Wildman–Crippen LogP) is 2.56. The second kappa shape index (κ2) is 6.19. The molecule has 1 aromatic rings. The van der Waals surface area contributed by atoms with E-state index in [9.17, 15) is 9.59 Å². The van der Waals surface area contributed by atoms with Crippen LogP contribution in [0.5, 0.6) is 5.75 Å². The molecule has 0 bridgehead atoms. The Labute approximate surface area is 107 Å². The van der Waals surface area contributed by atoms with Crippen molar-refractivity contribution in [3.8, 4) is 5.75 Å². The summed E-state index contributed by atoms with van der Waals surface area (Å²) in [7, 11) is 1.54. The van der Waals surface area contributed by atoms with Gasteiger partial charge in [0.25, 0.3) is 5.78 Å². The van der Waals surface area contributed by atoms with Crippen molar-refractivity contribution in [1.82, 2.24) is 0 Å². The molecule has 1 aromatic carbocycles. The van der Waals surface area contributed by atoms with Crippen molar-refractivity contribution in [1.29, 1.82) is 0 Å². The van der Waals surface area contributed by atoms with Crippen LogP contribution in [0.15, 0.2) is 18.2 Å². The Morgan fingerprint density at radius 1 is 1.28 bits per heavy atom. The van der Waals surface area contributed by atoms with Gasteiger partial charge in [-0.25, -0.2) is 4.79 Å². The fourth-order valence-corrected chi connectivity index (χ4v) is 1.64. The van der Waals surface area contributed by atoms with Gasteiger partial charge in [-0.1, -0.05) is 26.0 Å². The van der Waals surface area contributed by atoms with Crippen molar-refractivity contribution in [2.24, 2.45) is 0 Å². The van der Waals surface area contributed by atoms with E-state index in [0.717, 1.165) is 5.56 Å². The van der Waals surface area contributed by atoms with Crippen LogP contribution in [-0.2, 0) is 9.53 Å². The molecule has 0 radical (unpaired) electrons. The molecule has 0 heterocycles. The number of benzene rings is 1. The number of ketones is 1. The van der Waals surface area contributed by atoms with Crippen molar-refractivity contribution >= 4 is 11.8 Å². The number of carbonyl (C=O) groups is 2. The van der Waals surface area contributed by atoms with E-state index in [1.807, 2.05) is 13.8 Å². The van der Waals surface area contributed by atoms with Gasteiger partial charge in [0.05, 0.1) is 13.7 Å². The summed E-state index contributed by atoms with van der Waals surface area (Å²) in [6.45, 7) is 5.91. The van der Waals surface area contributed by atoms with Crippen molar-refractivity contribution < 1.29 is 19.1 Å². The summed E-state index contributed by atoms with van der Waals surface area (Å²) in [5.41, 5.74) is 1.28. The molecule has 0 atom stereocenters. The monoisotopic (exact) mass is 250 g/mol. The van der Waals surface area contributed by atoms with E-state index in [2.05, 4.69) is 4.74 Å². The fraction of sp³-hybridized carbons (Fsp3) is 0.429. The normalized spacial score (nSPS) is 10.3. The molecule has 0 saturated carbocycles. The zero-order valence-electron chi connectivity index (χ0n) is 11.1. The summed E-state index contributed by atoms with van der Waals surface area (Å²) in [6, 6.07) is 5.00. The van der Waals surface area contributed by atoms with Crippen molar-refractivity contribution in [3.63, 3.8) is 0 Å². The van der Waals surface area contributed by atoms with Crippen LogP contribution in [0.2, 0.25) is 0 Å². The highest BCUT2D eigenvalue weighted by Gasteiger charge is 2.19. The maximum Gasteiger partial charge on any atom is 0.379 e. The molecule has 0 amide bonds. The predicted molar refractivity (Wildman–Crippen MR) is 68.0 cm³/mol. The minimum atomic E-state index is -0.836. The topological polar surface area (TPSA) is 52.6 Å². The number of rotatable bonds is 5. The van der Waals surface area contributed by atoms with Gasteiger partial charge >= 0.3 is 5.97 Å². The smallest absolute Gasteiger partial charge is 0.379 e. The lowest BCUT2D eigenvalue weighted by atomic mass is 9.99. The molecule has 0 N–H and O–H groups in total. The first kappa shape index (κ1) is 14.2. The van der Waals surface area contributed by atoms with Gasteiger partial charge < -0.3 is 9.47 Å². The summed E-state index contributed by atoms with van der Waals surface area (Å²) in [5.74, 6) is -0.589. The Morgan fingerprint density at radius 3 is 2.44 bits per heavy atom. The van der Waals surface area contributed by atoms with E-state index < -0.39 is 11.8 Å². The SMILES string of the molecule is CCOC(=O)C(=O)c1ccc(C(C)C)c(OC)c1. The van der Waals surface area contributed by atoms with Crippen LogP contribution in [-0.4, -0.2) is 25.5 Å². The minimum Gasteiger partial charge on any atom is -0.496 e. The third kappa shape index (κ3) is 3.09.